The lowest BCUT2D eigenvalue weighted by atomic mass is 9.80. The van der Waals surface area contributed by atoms with Crippen molar-refractivity contribution in [2.75, 3.05) is 0 Å². The summed E-state index contributed by atoms with van der Waals surface area (Å²) in [5, 5.41) is 8.76. The first-order valence-corrected chi connectivity index (χ1v) is 5.68. The molecule has 0 saturated heterocycles. The number of halogens is 3. The van der Waals surface area contributed by atoms with Crippen LogP contribution in [0, 0.1) is 11.8 Å². The summed E-state index contributed by atoms with van der Waals surface area (Å²) < 4.78 is 35.7. The van der Waals surface area contributed by atoms with Crippen LogP contribution in [0.25, 0.3) is 0 Å². The van der Waals surface area contributed by atoms with Gasteiger partial charge in [-0.25, -0.2) is 0 Å². The summed E-state index contributed by atoms with van der Waals surface area (Å²) in [4.78, 5) is 10.7. The van der Waals surface area contributed by atoms with E-state index in [1.165, 1.54) is 0 Å². The van der Waals surface area contributed by atoms with Gasteiger partial charge in [0.15, 0.2) is 0 Å². The van der Waals surface area contributed by atoms with Gasteiger partial charge in [0.05, 0.1) is 5.92 Å². The summed E-state index contributed by atoms with van der Waals surface area (Å²) in [6.07, 6.45) is -1.27. The predicted molar refractivity (Wildman–Crippen MR) is 53.0 cm³/mol. The Hall–Kier alpha value is -0.740. The number of carboxylic acid groups (broad SMARTS) is 1. The lowest BCUT2D eigenvalue weighted by Crippen LogP contribution is -2.21. The average molecular weight is 238 g/mol. The number of alkyl halides is 3. The van der Waals surface area contributed by atoms with Crippen LogP contribution in [0.1, 0.15) is 44.9 Å². The third kappa shape index (κ3) is 4.86. The summed E-state index contributed by atoms with van der Waals surface area (Å²) in [5.74, 6) is -0.759. The largest absolute Gasteiger partial charge is 0.481 e. The molecule has 94 valence electrons. The first-order chi connectivity index (χ1) is 7.38. The third-order valence-corrected chi connectivity index (χ3v) is 3.27. The molecule has 0 aromatic rings. The molecule has 1 fully saturated rings. The number of hydrogen-bond donors (Lipinski definition) is 1. The van der Waals surface area contributed by atoms with Gasteiger partial charge in [0.2, 0.25) is 0 Å². The number of hydrogen-bond acceptors (Lipinski definition) is 1. The van der Waals surface area contributed by atoms with Gasteiger partial charge in [-0.05, 0) is 38.0 Å². The molecule has 0 atom stereocenters. The molecule has 1 N–H and O–H groups in total. The lowest BCUT2D eigenvalue weighted by molar-refractivity contribution is -0.143. The molecule has 16 heavy (non-hydrogen) atoms. The van der Waals surface area contributed by atoms with Crippen molar-refractivity contribution in [1.29, 1.82) is 0 Å². The van der Waals surface area contributed by atoms with Crippen molar-refractivity contribution in [3.63, 3.8) is 0 Å². The molecule has 0 aromatic heterocycles. The highest BCUT2D eigenvalue weighted by atomic mass is 19.4. The summed E-state index contributed by atoms with van der Waals surface area (Å²) >= 11 is 0. The van der Waals surface area contributed by atoms with Crippen molar-refractivity contribution in [2.24, 2.45) is 11.8 Å². The Kier molecular flexibility index (Phi) is 4.62. The Morgan fingerprint density at radius 2 is 1.75 bits per heavy atom. The Morgan fingerprint density at radius 3 is 2.19 bits per heavy atom. The van der Waals surface area contributed by atoms with Crippen LogP contribution in [0.5, 0.6) is 0 Å². The molecule has 0 bridgehead atoms. The smallest absolute Gasteiger partial charge is 0.389 e. The molecule has 0 spiro atoms. The standard InChI is InChI=1S/C11H17F3O2/c12-11(13,14)7-1-2-8-3-5-9(6-4-8)10(15)16/h8-9H,1-7H2,(H,15,16). The highest BCUT2D eigenvalue weighted by molar-refractivity contribution is 5.69. The lowest BCUT2D eigenvalue weighted by Gasteiger charge is -2.26. The SMILES string of the molecule is O=C(O)C1CCC(CCCC(F)(F)F)CC1. The van der Waals surface area contributed by atoms with E-state index in [4.69, 9.17) is 5.11 Å². The Labute approximate surface area is 92.8 Å². The van der Waals surface area contributed by atoms with Crippen LogP contribution in [-0.4, -0.2) is 17.3 Å². The zero-order chi connectivity index (χ0) is 12.2. The molecule has 0 radical (unpaired) electrons. The van der Waals surface area contributed by atoms with Crippen LogP contribution in [-0.2, 0) is 4.79 Å². The van der Waals surface area contributed by atoms with Crippen molar-refractivity contribution in [3.05, 3.63) is 0 Å². The van der Waals surface area contributed by atoms with E-state index in [0.29, 0.717) is 19.3 Å². The topological polar surface area (TPSA) is 37.3 Å². The molecule has 0 amide bonds. The van der Waals surface area contributed by atoms with Gasteiger partial charge in [-0.3, -0.25) is 4.79 Å². The monoisotopic (exact) mass is 238 g/mol. The maximum Gasteiger partial charge on any atom is 0.389 e. The second-order valence-corrected chi connectivity index (χ2v) is 4.56. The highest BCUT2D eigenvalue weighted by Gasteiger charge is 2.29. The second kappa shape index (κ2) is 5.55. The fraction of sp³-hybridized carbons (Fsp3) is 0.909. The zero-order valence-electron chi connectivity index (χ0n) is 9.09. The average Bonchev–Trinajstić information content (AvgIpc) is 2.16. The van der Waals surface area contributed by atoms with Gasteiger partial charge in [0, 0.05) is 6.42 Å². The van der Waals surface area contributed by atoms with E-state index < -0.39 is 18.6 Å². The van der Waals surface area contributed by atoms with Crippen LogP contribution in [0.2, 0.25) is 0 Å². The first kappa shape index (κ1) is 13.3. The number of aliphatic carboxylic acids is 1. The number of carbonyl (C=O) groups is 1. The van der Waals surface area contributed by atoms with Gasteiger partial charge in [-0.15, -0.1) is 0 Å². The van der Waals surface area contributed by atoms with Gasteiger partial charge >= 0.3 is 12.1 Å². The van der Waals surface area contributed by atoms with Gasteiger partial charge in [-0.1, -0.05) is 6.42 Å². The van der Waals surface area contributed by atoms with E-state index in [-0.39, 0.29) is 18.3 Å². The van der Waals surface area contributed by atoms with E-state index in [1.807, 2.05) is 0 Å². The maximum absolute atomic E-state index is 11.9. The number of rotatable bonds is 4. The van der Waals surface area contributed by atoms with Gasteiger partial charge in [0.25, 0.3) is 0 Å². The van der Waals surface area contributed by atoms with Gasteiger partial charge in [-0.2, -0.15) is 13.2 Å². The van der Waals surface area contributed by atoms with Crippen LogP contribution >= 0.6 is 0 Å². The molecule has 2 nitrogen and oxygen atoms in total. The summed E-state index contributed by atoms with van der Waals surface area (Å²) in [5.41, 5.74) is 0. The molecule has 1 saturated carbocycles. The minimum atomic E-state index is -4.06. The molecule has 1 aliphatic carbocycles. The van der Waals surface area contributed by atoms with Crippen LogP contribution < -0.4 is 0 Å². The van der Waals surface area contributed by atoms with Crippen molar-refractivity contribution >= 4 is 5.97 Å². The molecule has 0 aliphatic heterocycles. The summed E-state index contributed by atoms with van der Waals surface area (Å²) in [7, 11) is 0. The van der Waals surface area contributed by atoms with Crippen LogP contribution in [0.15, 0.2) is 0 Å². The fourth-order valence-electron chi connectivity index (χ4n) is 2.29. The Morgan fingerprint density at radius 1 is 1.19 bits per heavy atom. The second-order valence-electron chi connectivity index (χ2n) is 4.56. The fourth-order valence-corrected chi connectivity index (χ4v) is 2.29. The summed E-state index contributed by atoms with van der Waals surface area (Å²) in [6.45, 7) is 0. The quantitative estimate of drug-likeness (QED) is 0.812. The normalized spacial score (nSPS) is 26.7. The maximum atomic E-state index is 11.9. The molecule has 1 rings (SSSR count). The minimum Gasteiger partial charge on any atom is -0.481 e. The molecular formula is C11H17F3O2. The van der Waals surface area contributed by atoms with Crippen LogP contribution in [0.3, 0.4) is 0 Å². The van der Waals surface area contributed by atoms with E-state index >= 15 is 0 Å². The van der Waals surface area contributed by atoms with E-state index in [2.05, 4.69) is 0 Å². The Bertz CT molecular complexity index is 230. The van der Waals surface area contributed by atoms with E-state index in [0.717, 1.165) is 12.8 Å². The van der Waals surface area contributed by atoms with Crippen molar-refractivity contribution in [3.8, 4) is 0 Å². The highest BCUT2D eigenvalue weighted by Crippen LogP contribution is 2.33. The van der Waals surface area contributed by atoms with E-state index in [1.54, 1.807) is 0 Å². The van der Waals surface area contributed by atoms with Crippen molar-refractivity contribution < 1.29 is 23.1 Å². The van der Waals surface area contributed by atoms with Gasteiger partial charge in [0.1, 0.15) is 0 Å². The Balaban J connectivity index is 2.15. The molecule has 5 heteroatoms. The molecular weight excluding hydrogens is 221 g/mol. The van der Waals surface area contributed by atoms with Crippen molar-refractivity contribution in [1.82, 2.24) is 0 Å². The zero-order valence-corrected chi connectivity index (χ0v) is 9.09. The predicted octanol–water partition coefficient (Wildman–Crippen LogP) is 3.61. The van der Waals surface area contributed by atoms with Crippen LogP contribution in [0.4, 0.5) is 13.2 Å². The molecule has 0 heterocycles. The van der Waals surface area contributed by atoms with E-state index in [9.17, 15) is 18.0 Å². The molecule has 0 unspecified atom stereocenters. The molecule has 0 aromatic carbocycles. The van der Waals surface area contributed by atoms with Crippen molar-refractivity contribution in [2.45, 2.75) is 51.1 Å². The minimum absolute atomic E-state index is 0.173. The summed E-state index contributed by atoms with van der Waals surface area (Å²) in [6, 6.07) is 0. The first-order valence-electron chi connectivity index (χ1n) is 5.68. The number of carboxylic acids is 1. The van der Waals surface area contributed by atoms with Gasteiger partial charge < -0.3 is 5.11 Å². The molecule has 1 aliphatic rings. The third-order valence-electron chi connectivity index (χ3n) is 3.27.